The van der Waals surface area contributed by atoms with E-state index in [4.69, 9.17) is 4.42 Å². The third kappa shape index (κ3) is 2.59. The minimum Gasteiger partial charge on any atom is -0.618 e. The Bertz CT molecular complexity index is 886. The molecular weight excluding hydrogens is 272 g/mol. The van der Waals surface area contributed by atoms with E-state index in [1.807, 2.05) is 0 Å². The summed E-state index contributed by atoms with van der Waals surface area (Å²) in [7, 11) is 0. The maximum Gasteiger partial charge on any atom is 0.336 e. The van der Waals surface area contributed by atoms with E-state index in [0.29, 0.717) is 21.4 Å². The molecule has 0 radical (unpaired) electrons. The second kappa shape index (κ2) is 5.09. The van der Waals surface area contributed by atoms with Crippen LogP contribution in [0.2, 0.25) is 0 Å². The molecule has 2 heterocycles. The number of anilines is 1. The fourth-order valence-electron chi connectivity index (χ4n) is 1.95. The van der Waals surface area contributed by atoms with Crippen LogP contribution in [-0.2, 0) is 0 Å². The van der Waals surface area contributed by atoms with Crippen LogP contribution in [0.4, 0.5) is 5.69 Å². The van der Waals surface area contributed by atoms with Gasteiger partial charge < -0.3 is 14.9 Å². The highest BCUT2D eigenvalue weighted by Crippen LogP contribution is 2.17. The molecule has 6 nitrogen and oxygen atoms in total. The summed E-state index contributed by atoms with van der Waals surface area (Å²) in [6.07, 6.45) is 1.25. The van der Waals surface area contributed by atoms with Crippen molar-refractivity contribution in [3.63, 3.8) is 0 Å². The van der Waals surface area contributed by atoms with E-state index in [2.05, 4.69) is 5.32 Å². The molecule has 0 atom stereocenters. The Morgan fingerprint density at radius 2 is 2.00 bits per heavy atom. The van der Waals surface area contributed by atoms with Crippen molar-refractivity contribution < 1.29 is 13.9 Å². The Labute approximate surface area is 118 Å². The van der Waals surface area contributed by atoms with Gasteiger partial charge in [0.25, 0.3) is 5.69 Å². The average molecular weight is 282 g/mol. The van der Waals surface area contributed by atoms with Crippen molar-refractivity contribution in [3.05, 3.63) is 76.0 Å². The highest BCUT2D eigenvalue weighted by molar-refractivity contribution is 6.02. The van der Waals surface area contributed by atoms with Gasteiger partial charge in [-0.05, 0) is 30.3 Å². The van der Waals surface area contributed by atoms with Gasteiger partial charge in [-0.15, -0.1) is 0 Å². The van der Waals surface area contributed by atoms with E-state index in [9.17, 15) is 14.8 Å². The number of benzene rings is 1. The lowest BCUT2D eigenvalue weighted by molar-refractivity contribution is -0.607. The number of hydrogen-bond donors (Lipinski definition) is 1. The first-order valence-corrected chi connectivity index (χ1v) is 6.17. The third-order valence-electron chi connectivity index (χ3n) is 2.93. The zero-order chi connectivity index (χ0) is 14.8. The third-order valence-corrected chi connectivity index (χ3v) is 2.93. The molecule has 21 heavy (non-hydrogen) atoms. The number of carbonyl (C=O) groups is 1. The lowest BCUT2D eigenvalue weighted by Crippen LogP contribution is -2.36. The molecule has 1 aromatic carbocycles. The van der Waals surface area contributed by atoms with Crippen LogP contribution in [0.15, 0.2) is 63.9 Å². The molecule has 0 aliphatic heterocycles. The average Bonchev–Trinajstić information content (AvgIpc) is 2.48. The van der Waals surface area contributed by atoms with Gasteiger partial charge in [0.05, 0.1) is 0 Å². The number of fused-ring (bicyclic) bond motifs is 1. The van der Waals surface area contributed by atoms with Crippen LogP contribution in [0.1, 0.15) is 10.5 Å². The first-order valence-electron chi connectivity index (χ1n) is 6.17. The van der Waals surface area contributed by atoms with Crippen molar-refractivity contribution in [2.24, 2.45) is 0 Å². The molecule has 1 amide bonds. The highest BCUT2D eigenvalue weighted by Gasteiger charge is 2.15. The number of amides is 1. The van der Waals surface area contributed by atoms with Gasteiger partial charge in [-0.25, -0.2) is 4.79 Å². The van der Waals surface area contributed by atoms with E-state index in [-0.39, 0.29) is 5.69 Å². The summed E-state index contributed by atoms with van der Waals surface area (Å²) in [5.74, 6) is -0.512. The molecule has 0 spiro atoms. The number of hydrogen-bond acceptors (Lipinski definition) is 4. The summed E-state index contributed by atoms with van der Waals surface area (Å²) in [6.45, 7) is 0. The Hall–Kier alpha value is -3.15. The van der Waals surface area contributed by atoms with Gasteiger partial charge >= 0.3 is 11.5 Å². The Kier molecular flexibility index (Phi) is 3.12. The summed E-state index contributed by atoms with van der Waals surface area (Å²) >= 11 is 0. The van der Waals surface area contributed by atoms with Crippen molar-refractivity contribution in [3.8, 4) is 0 Å². The molecule has 0 aliphatic rings. The molecule has 104 valence electrons. The summed E-state index contributed by atoms with van der Waals surface area (Å²) < 4.78 is 5.50. The van der Waals surface area contributed by atoms with Gasteiger partial charge in [-0.3, -0.25) is 4.79 Å². The number of carbonyl (C=O) groups excluding carboxylic acids is 1. The topological polar surface area (TPSA) is 86.2 Å². The Balaban J connectivity index is 1.91. The normalized spacial score (nSPS) is 10.5. The van der Waals surface area contributed by atoms with Gasteiger partial charge in [0.2, 0.25) is 0 Å². The quantitative estimate of drug-likeness (QED) is 0.440. The monoisotopic (exact) mass is 282 g/mol. The SMILES string of the molecule is O=C(Nc1ccc2oc(=O)ccc2c1)c1cccc[n+]1[O-]. The van der Waals surface area contributed by atoms with Crippen LogP contribution in [0, 0.1) is 5.21 Å². The molecule has 6 heteroatoms. The number of pyridine rings is 1. The number of nitrogens with one attached hydrogen (secondary N) is 1. The van der Waals surface area contributed by atoms with Crippen LogP contribution in [0.25, 0.3) is 11.0 Å². The van der Waals surface area contributed by atoms with Gasteiger partial charge in [0.1, 0.15) is 5.58 Å². The van der Waals surface area contributed by atoms with Crippen molar-refractivity contribution in [1.29, 1.82) is 0 Å². The van der Waals surface area contributed by atoms with Crippen molar-refractivity contribution in [1.82, 2.24) is 0 Å². The number of rotatable bonds is 2. The Morgan fingerprint density at radius 3 is 2.81 bits per heavy atom. The fourth-order valence-corrected chi connectivity index (χ4v) is 1.95. The van der Waals surface area contributed by atoms with Crippen LogP contribution >= 0.6 is 0 Å². The molecule has 0 aliphatic carbocycles. The van der Waals surface area contributed by atoms with Crippen LogP contribution in [0.3, 0.4) is 0 Å². The first kappa shape index (κ1) is 12.9. The maximum absolute atomic E-state index is 12.0. The molecule has 3 rings (SSSR count). The van der Waals surface area contributed by atoms with Crippen molar-refractivity contribution >= 4 is 22.6 Å². The molecule has 2 aromatic heterocycles. The summed E-state index contributed by atoms with van der Waals surface area (Å²) in [5, 5.41) is 14.8. The van der Waals surface area contributed by atoms with Crippen LogP contribution in [0.5, 0.6) is 0 Å². The predicted molar refractivity (Wildman–Crippen MR) is 75.8 cm³/mol. The molecule has 3 aromatic rings. The molecule has 0 saturated heterocycles. The fraction of sp³-hybridized carbons (Fsp3) is 0. The molecule has 0 bridgehead atoms. The molecule has 0 saturated carbocycles. The van der Waals surface area contributed by atoms with Crippen LogP contribution in [-0.4, -0.2) is 5.91 Å². The van der Waals surface area contributed by atoms with Crippen molar-refractivity contribution in [2.75, 3.05) is 5.32 Å². The first-order chi connectivity index (χ1) is 10.1. The van der Waals surface area contributed by atoms with Gasteiger partial charge in [-0.1, -0.05) is 0 Å². The van der Waals surface area contributed by atoms with Crippen LogP contribution < -0.4 is 15.7 Å². The molecule has 0 unspecified atom stereocenters. The highest BCUT2D eigenvalue weighted by atomic mass is 16.5. The van der Waals surface area contributed by atoms with Gasteiger partial charge in [0.15, 0.2) is 6.20 Å². The zero-order valence-corrected chi connectivity index (χ0v) is 10.8. The lowest BCUT2D eigenvalue weighted by atomic mass is 10.2. The standard InChI is InChI=1S/C15H10N2O4/c18-14-7-4-10-9-11(5-6-13(10)21-14)16-15(19)12-3-1-2-8-17(12)20/h1-9H,(H,16,19). The smallest absolute Gasteiger partial charge is 0.336 e. The van der Waals surface area contributed by atoms with Crippen molar-refractivity contribution in [2.45, 2.75) is 0 Å². The number of nitrogens with zero attached hydrogens (tertiary/aromatic N) is 1. The lowest BCUT2D eigenvalue weighted by Gasteiger charge is -2.06. The minimum atomic E-state index is -0.512. The second-order valence-corrected chi connectivity index (χ2v) is 4.37. The van der Waals surface area contributed by atoms with E-state index < -0.39 is 11.5 Å². The summed E-state index contributed by atoms with van der Waals surface area (Å²) in [6, 6.07) is 12.3. The summed E-state index contributed by atoms with van der Waals surface area (Å²) in [5.41, 5.74) is 0.498. The Morgan fingerprint density at radius 1 is 1.14 bits per heavy atom. The molecular formula is C15H10N2O4. The maximum atomic E-state index is 12.0. The van der Waals surface area contributed by atoms with Gasteiger partial charge in [0, 0.05) is 29.3 Å². The number of aromatic nitrogens is 1. The predicted octanol–water partition coefficient (Wildman–Crippen LogP) is 1.68. The molecule has 0 fully saturated rings. The van der Waals surface area contributed by atoms with E-state index in [1.165, 1.54) is 18.3 Å². The second-order valence-electron chi connectivity index (χ2n) is 4.37. The van der Waals surface area contributed by atoms with E-state index in [1.54, 1.807) is 36.4 Å². The van der Waals surface area contributed by atoms with Gasteiger partial charge in [-0.2, -0.15) is 4.73 Å². The summed E-state index contributed by atoms with van der Waals surface area (Å²) in [4.78, 5) is 23.1. The zero-order valence-electron chi connectivity index (χ0n) is 10.8. The minimum absolute atomic E-state index is 0.00260. The van der Waals surface area contributed by atoms with E-state index >= 15 is 0 Å². The largest absolute Gasteiger partial charge is 0.618 e. The molecule has 1 N–H and O–H groups in total. The van der Waals surface area contributed by atoms with E-state index in [0.717, 1.165) is 0 Å².